The zero-order valence-electron chi connectivity index (χ0n) is 12.3. The summed E-state index contributed by atoms with van der Waals surface area (Å²) in [6.07, 6.45) is 0. The molecule has 118 valence electrons. The molecular formula is C17H14FNO4. The van der Waals surface area contributed by atoms with E-state index in [-0.39, 0.29) is 23.8 Å². The molecule has 1 N–H and O–H groups in total. The molecule has 23 heavy (non-hydrogen) atoms. The van der Waals surface area contributed by atoms with Crippen LogP contribution in [0.3, 0.4) is 0 Å². The highest BCUT2D eigenvalue weighted by Crippen LogP contribution is 2.35. The van der Waals surface area contributed by atoms with Gasteiger partial charge in [0.05, 0.1) is 7.11 Å². The van der Waals surface area contributed by atoms with E-state index in [0.29, 0.717) is 5.56 Å². The predicted molar refractivity (Wildman–Crippen MR) is 79.6 cm³/mol. The van der Waals surface area contributed by atoms with Gasteiger partial charge in [0.15, 0.2) is 6.04 Å². The van der Waals surface area contributed by atoms with Crippen LogP contribution in [0.2, 0.25) is 0 Å². The monoisotopic (exact) mass is 315 g/mol. The summed E-state index contributed by atoms with van der Waals surface area (Å²) in [5, 5.41) is 9.62. The van der Waals surface area contributed by atoms with Gasteiger partial charge in [0.2, 0.25) is 0 Å². The van der Waals surface area contributed by atoms with Crippen molar-refractivity contribution >= 4 is 11.9 Å². The number of benzene rings is 2. The molecule has 1 aliphatic heterocycles. The van der Waals surface area contributed by atoms with E-state index in [9.17, 15) is 19.1 Å². The van der Waals surface area contributed by atoms with E-state index in [4.69, 9.17) is 4.74 Å². The summed E-state index contributed by atoms with van der Waals surface area (Å²) in [4.78, 5) is 25.5. The molecule has 2 aromatic carbocycles. The number of halogens is 1. The van der Waals surface area contributed by atoms with Gasteiger partial charge in [-0.25, -0.2) is 9.18 Å². The van der Waals surface area contributed by atoms with Crippen LogP contribution in [0, 0.1) is 5.82 Å². The third kappa shape index (κ3) is 2.52. The van der Waals surface area contributed by atoms with Gasteiger partial charge in [0.25, 0.3) is 5.91 Å². The second-order valence-corrected chi connectivity index (χ2v) is 5.22. The normalized spacial score (nSPS) is 14.5. The average Bonchev–Trinajstić information content (AvgIpc) is 2.85. The number of ether oxygens (including phenoxy) is 1. The van der Waals surface area contributed by atoms with Crippen LogP contribution in [0.1, 0.15) is 27.5 Å². The van der Waals surface area contributed by atoms with Gasteiger partial charge in [0, 0.05) is 17.7 Å². The maximum Gasteiger partial charge on any atom is 0.331 e. The Hall–Kier alpha value is -2.89. The maximum absolute atomic E-state index is 13.6. The number of aliphatic carboxylic acids is 1. The number of carboxylic acids is 1. The molecule has 0 saturated heterocycles. The van der Waals surface area contributed by atoms with Crippen LogP contribution >= 0.6 is 0 Å². The molecule has 0 radical (unpaired) electrons. The van der Waals surface area contributed by atoms with Crippen molar-refractivity contribution in [3.63, 3.8) is 0 Å². The van der Waals surface area contributed by atoms with Crippen molar-refractivity contribution in [2.24, 2.45) is 0 Å². The van der Waals surface area contributed by atoms with Crippen LogP contribution in [0.4, 0.5) is 4.39 Å². The molecule has 1 heterocycles. The van der Waals surface area contributed by atoms with Gasteiger partial charge >= 0.3 is 5.97 Å². The first-order valence-electron chi connectivity index (χ1n) is 6.98. The Morgan fingerprint density at radius 1 is 1.30 bits per heavy atom. The van der Waals surface area contributed by atoms with Crippen LogP contribution in [-0.4, -0.2) is 29.0 Å². The van der Waals surface area contributed by atoms with E-state index in [2.05, 4.69) is 0 Å². The smallest absolute Gasteiger partial charge is 0.331 e. The molecule has 0 aromatic heterocycles. The largest absolute Gasteiger partial charge is 0.496 e. The van der Waals surface area contributed by atoms with E-state index < -0.39 is 17.8 Å². The van der Waals surface area contributed by atoms with Gasteiger partial charge in [-0.2, -0.15) is 0 Å². The molecule has 2 aromatic rings. The summed E-state index contributed by atoms with van der Waals surface area (Å²) in [6.45, 7) is 0.158. The first-order valence-corrected chi connectivity index (χ1v) is 6.98. The molecule has 0 aliphatic carbocycles. The fraction of sp³-hybridized carbons (Fsp3) is 0.176. The van der Waals surface area contributed by atoms with E-state index in [0.717, 1.165) is 11.6 Å². The second-order valence-electron chi connectivity index (χ2n) is 5.22. The molecule has 1 aliphatic rings. The van der Waals surface area contributed by atoms with Crippen molar-refractivity contribution < 1.29 is 23.8 Å². The van der Waals surface area contributed by atoms with Crippen LogP contribution in [-0.2, 0) is 11.3 Å². The van der Waals surface area contributed by atoms with Crippen molar-refractivity contribution in [1.82, 2.24) is 4.90 Å². The minimum absolute atomic E-state index is 0.112. The SMILES string of the molecule is COc1ccc(F)cc1C(C(=O)O)N1Cc2ccccc2C1=O. The molecule has 0 fully saturated rings. The van der Waals surface area contributed by atoms with Crippen LogP contribution in [0.25, 0.3) is 0 Å². The molecule has 0 bridgehead atoms. The lowest BCUT2D eigenvalue weighted by Gasteiger charge is -2.25. The lowest BCUT2D eigenvalue weighted by atomic mass is 10.0. The molecule has 1 amide bonds. The molecule has 6 heteroatoms. The van der Waals surface area contributed by atoms with Crippen molar-refractivity contribution in [2.45, 2.75) is 12.6 Å². The Bertz CT molecular complexity index is 790. The van der Waals surface area contributed by atoms with Gasteiger partial charge < -0.3 is 14.7 Å². The summed E-state index contributed by atoms with van der Waals surface area (Å²) in [5.41, 5.74) is 1.33. The summed E-state index contributed by atoms with van der Waals surface area (Å²) in [6, 6.07) is 9.24. The average molecular weight is 315 g/mol. The van der Waals surface area contributed by atoms with Crippen molar-refractivity contribution in [3.8, 4) is 5.75 Å². The van der Waals surface area contributed by atoms with Gasteiger partial charge in [-0.05, 0) is 29.8 Å². The van der Waals surface area contributed by atoms with E-state index >= 15 is 0 Å². The molecule has 1 unspecified atom stereocenters. The number of nitrogens with zero attached hydrogens (tertiary/aromatic N) is 1. The molecule has 0 spiro atoms. The Kier molecular flexibility index (Phi) is 3.73. The lowest BCUT2D eigenvalue weighted by Crippen LogP contribution is -2.34. The van der Waals surface area contributed by atoms with Gasteiger partial charge in [-0.3, -0.25) is 4.79 Å². The van der Waals surface area contributed by atoms with E-state index in [1.165, 1.54) is 24.1 Å². The van der Waals surface area contributed by atoms with Crippen LogP contribution < -0.4 is 4.74 Å². The summed E-state index contributed by atoms with van der Waals surface area (Å²) in [7, 11) is 1.37. The van der Waals surface area contributed by atoms with Gasteiger partial charge in [-0.15, -0.1) is 0 Å². The quantitative estimate of drug-likeness (QED) is 0.942. The number of carbonyl (C=O) groups is 2. The number of hydrogen-bond acceptors (Lipinski definition) is 3. The number of rotatable bonds is 4. The molecule has 3 rings (SSSR count). The van der Waals surface area contributed by atoms with Gasteiger partial charge in [0.1, 0.15) is 11.6 Å². The number of carboxylic acid groups (broad SMARTS) is 1. The number of fused-ring (bicyclic) bond motifs is 1. The fourth-order valence-electron chi connectivity index (χ4n) is 2.84. The molecule has 5 nitrogen and oxygen atoms in total. The lowest BCUT2D eigenvalue weighted by molar-refractivity contribution is -0.142. The predicted octanol–water partition coefficient (Wildman–Crippen LogP) is 2.62. The highest BCUT2D eigenvalue weighted by molar-refractivity contribution is 6.00. The Balaban J connectivity index is 2.07. The van der Waals surface area contributed by atoms with Crippen molar-refractivity contribution in [2.75, 3.05) is 7.11 Å². The first kappa shape index (κ1) is 15.0. The standard InChI is InChI=1S/C17H14FNO4/c1-23-14-7-6-11(18)8-13(14)15(17(21)22)19-9-10-4-2-3-5-12(10)16(19)20/h2-8,15H,9H2,1H3,(H,21,22). The van der Waals surface area contributed by atoms with Crippen molar-refractivity contribution in [1.29, 1.82) is 0 Å². The number of hydrogen-bond donors (Lipinski definition) is 1. The van der Waals surface area contributed by atoms with Crippen LogP contribution in [0.15, 0.2) is 42.5 Å². The minimum atomic E-state index is -1.32. The molecular weight excluding hydrogens is 301 g/mol. The maximum atomic E-state index is 13.6. The Labute approximate surface area is 131 Å². The van der Waals surface area contributed by atoms with E-state index in [1.54, 1.807) is 24.3 Å². The third-order valence-electron chi connectivity index (χ3n) is 3.88. The zero-order valence-corrected chi connectivity index (χ0v) is 12.3. The third-order valence-corrected chi connectivity index (χ3v) is 3.88. The number of methoxy groups -OCH3 is 1. The highest BCUT2D eigenvalue weighted by Gasteiger charge is 2.38. The summed E-state index contributed by atoms with van der Waals surface area (Å²) >= 11 is 0. The summed E-state index contributed by atoms with van der Waals surface area (Å²) < 4.78 is 18.7. The Morgan fingerprint density at radius 2 is 2.04 bits per heavy atom. The minimum Gasteiger partial charge on any atom is -0.496 e. The van der Waals surface area contributed by atoms with E-state index in [1.807, 2.05) is 0 Å². The molecule has 1 atom stereocenters. The molecule has 0 saturated carbocycles. The van der Waals surface area contributed by atoms with Crippen LogP contribution in [0.5, 0.6) is 5.75 Å². The summed E-state index contributed by atoms with van der Waals surface area (Å²) in [5.74, 6) is -1.99. The number of carbonyl (C=O) groups excluding carboxylic acids is 1. The second kappa shape index (κ2) is 5.72. The topological polar surface area (TPSA) is 66.8 Å². The van der Waals surface area contributed by atoms with Gasteiger partial charge in [-0.1, -0.05) is 18.2 Å². The van der Waals surface area contributed by atoms with Crippen molar-refractivity contribution in [3.05, 3.63) is 65.0 Å². The number of amides is 1. The Morgan fingerprint density at radius 3 is 2.70 bits per heavy atom. The highest BCUT2D eigenvalue weighted by atomic mass is 19.1. The first-order chi connectivity index (χ1) is 11.0. The fourth-order valence-corrected chi connectivity index (χ4v) is 2.84. The zero-order chi connectivity index (χ0) is 16.6.